The van der Waals surface area contributed by atoms with Gasteiger partial charge in [0.2, 0.25) is 0 Å². The summed E-state index contributed by atoms with van der Waals surface area (Å²) in [7, 11) is -0.570. The molecule has 2 unspecified atom stereocenters. The predicted octanol–water partition coefficient (Wildman–Crippen LogP) is 7.06. The Kier molecular flexibility index (Phi) is 18.4. The average molecular weight is 439 g/mol. The van der Waals surface area contributed by atoms with Crippen molar-refractivity contribution >= 4 is 10.8 Å². The number of benzene rings is 1. The van der Waals surface area contributed by atoms with E-state index in [2.05, 4.69) is 31.2 Å². The van der Waals surface area contributed by atoms with Crippen LogP contribution in [-0.2, 0) is 26.9 Å². The van der Waals surface area contributed by atoms with E-state index in [0.717, 1.165) is 37.4 Å². The van der Waals surface area contributed by atoms with Gasteiger partial charge in [0.25, 0.3) is 0 Å². The molecule has 0 heterocycles. The summed E-state index contributed by atoms with van der Waals surface area (Å²) in [4.78, 5) is 0. The Hall–Kier alpha value is -0.710. The minimum atomic E-state index is -0.570. The van der Waals surface area contributed by atoms with Gasteiger partial charge in [0.05, 0.1) is 19.3 Å². The van der Waals surface area contributed by atoms with Crippen molar-refractivity contribution in [3.63, 3.8) is 0 Å². The summed E-state index contributed by atoms with van der Waals surface area (Å²) in [5.74, 6) is 1.72. The third-order valence-corrected chi connectivity index (χ3v) is 6.96. The van der Waals surface area contributed by atoms with Crippen molar-refractivity contribution < 1.29 is 13.7 Å². The Morgan fingerprint density at radius 2 is 1.37 bits per heavy atom. The Morgan fingerprint density at radius 1 is 0.800 bits per heavy atom. The third-order valence-electron chi connectivity index (χ3n) is 5.57. The molecule has 0 spiro atoms. The lowest BCUT2D eigenvalue weighted by molar-refractivity contribution is -0.0269. The molecule has 4 heteroatoms. The molecule has 3 nitrogen and oxygen atoms in total. The molecule has 0 radical (unpaired) electrons. The third kappa shape index (κ3) is 16.0. The first-order valence-electron chi connectivity index (χ1n) is 12.3. The number of rotatable bonds is 21. The second-order valence-electron chi connectivity index (χ2n) is 8.22. The molecule has 1 aromatic carbocycles. The van der Waals surface area contributed by atoms with Crippen molar-refractivity contribution in [2.45, 2.75) is 104 Å². The second kappa shape index (κ2) is 20.2. The molecule has 174 valence electrons. The molecular weight excluding hydrogens is 392 g/mol. The number of ether oxygens (including phenoxy) is 2. The molecule has 0 bridgehead atoms. The van der Waals surface area contributed by atoms with E-state index in [4.69, 9.17) is 9.47 Å². The van der Waals surface area contributed by atoms with Crippen LogP contribution >= 0.6 is 0 Å². The van der Waals surface area contributed by atoms with E-state index in [0.29, 0.717) is 13.2 Å². The normalized spacial score (nSPS) is 13.4. The highest BCUT2D eigenvalue weighted by Gasteiger charge is 2.07. The van der Waals surface area contributed by atoms with Crippen molar-refractivity contribution in [3.05, 3.63) is 35.9 Å². The standard InChI is InChI=1S/C26H46O3S/c1-3-26(29-23-25-19-15-14-16-20-25)24-28-21-17-12-10-8-6-5-7-9-11-13-18-22-30(27)4-2/h14-16,19-20,26H,3-13,17-18,21-24H2,1-2H3. The lowest BCUT2D eigenvalue weighted by Gasteiger charge is -2.16. The van der Waals surface area contributed by atoms with E-state index < -0.39 is 10.8 Å². The van der Waals surface area contributed by atoms with Gasteiger partial charge in [0.15, 0.2) is 0 Å². The van der Waals surface area contributed by atoms with Crippen molar-refractivity contribution in [2.24, 2.45) is 0 Å². The fraction of sp³-hybridized carbons (Fsp3) is 0.769. The highest BCUT2D eigenvalue weighted by molar-refractivity contribution is 7.84. The number of unbranched alkanes of at least 4 members (excludes halogenated alkanes) is 10. The first-order chi connectivity index (χ1) is 14.8. The van der Waals surface area contributed by atoms with Gasteiger partial charge in [-0.3, -0.25) is 4.21 Å². The first kappa shape index (κ1) is 27.3. The van der Waals surface area contributed by atoms with Crippen LogP contribution in [0.3, 0.4) is 0 Å². The van der Waals surface area contributed by atoms with E-state index in [1.54, 1.807) is 0 Å². The first-order valence-corrected chi connectivity index (χ1v) is 13.8. The molecule has 0 fully saturated rings. The Morgan fingerprint density at radius 3 is 1.93 bits per heavy atom. The zero-order chi connectivity index (χ0) is 21.7. The van der Waals surface area contributed by atoms with E-state index in [-0.39, 0.29) is 6.10 Å². The Balaban J connectivity index is 1.82. The molecule has 0 saturated carbocycles. The van der Waals surface area contributed by atoms with Crippen LogP contribution in [-0.4, -0.2) is 35.0 Å². The largest absolute Gasteiger partial charge is 0.379 e. The van der Waals surface area contributed by atoms with Crippen molar-refractivity contribution in [1.29, 1.82) is 0 Å². The van der Waals surface area contributed by atoms with Gasteiger partial charge in [-0.1, -0.05) is 102 Å². The molecule has 0 aliphatic rings. The number of hydrogen-bond acceptors (Lipinski definition) is 3. The van der Waals surface area contributed by atoms with Crippen LogP contribution < -0.4 is 0 Å². The fourth-order valence-electron chi connectivity index (χ4n) is 3.49. The summed E-state index contributed by atoms with van der Waals surface area (Å²) in [5.41, 5.74) is 1.22. The molecule has 30 heavy (non-hydrogen) atoms. The van der Waals surface area contributed by atoms with Crippen molar-refractivity contribution in [3.8, 4) is 0 Å². The molecule has 0 aliphatic heterocycles. The van der Waals surface area contributed by atoms with Gasteiger partial charge in [-0.25, -0.2) is 0 Å². The summed E-state index contributed by atoms with van der Waals surface area (Å²) >= 11 is 0. The van der Waals surface area contributed by atoms with E-state index in [9.17, 15) is 4.21 Å². The molecule has 0 N–H and O–H groups in total. The van der Waals surface area contributed by atoms with Gasteiger partial charge < -0.3 is 9.47 Å². The zero-order valence-electron chi connectivity index (χ0n) is 19.6. The van der Waals surface area contributed by atoms with Gasteiger partial charge >= 0.3 is 0 Å². The molecule has 2 atom stereocenters. The smallest absolute Gasteiger partial charge is 0.0810 e. The quantitative estimate of drug-likeness (QED) is 0.193. The molecular formula is C26H46O3S. The van der Waals surface area contributed by atoms with E-state index in [1.165, 1.54) is 63.4 Å². The van der Waals surface area contributed by atoms with Crippen molar-refractivity contribution in [2.75, 3.05) is 24.7 Å². The fourth-order valence-corrected chi connectivity index (χ4v) is 4.30. The van der Waals surface area contributed by atoms with Gasteiger partial charge in [-0.15, -0.1) is 0 Å². The van der Waals surface area contributed by atoms with Crippen LogP contribution in [0.2, 0.25) is 0 Å². The lowest BCUT2D eigenvalue weighted by Crippen LogP contribution is -2.19. The van der Waals surface area contributed by atoms with Gasteiger partial charge in [0, 0.05) is 28.9 Å². The van der Waals surface area contributed by atoms with Crippen LogP contribution in [0.5, 0.6) is 0 Å². The predicted molar refractivity (Wildman–Crippen MR) is 130 cm³/mol. The van der Waals surface area contributed by atoms with Gasteiger partial charge in [-0.2, -0.15) is 0 Å². The molecule has 1 aromatic rings. The topological polar surface area (TPSA) is 35.5 Å². The monoisotopic (exact) mass is 438 g/mol. The van der Waals surface area contributed by atoms with Crippen LogP contribution in [0.4, 0.5) is 0 Å². The summed E-state index contributed by atoms with van der Waals surface area (Å²) in [5, 5.41) is 0. The summed E-state index contributed by atoms with van der Waals surface area (Å²) in [6.07, 6.45) is 15.4. The minimum absolute atomic E-state index is 0.194. The van der Waals surface area contributed by atoms with Crippen LogP contribution in [0.1, 0.15) is 96.5 Å². The maximum atomic E-state index is 11.3. The molecule has 1 rings (SSSR count). The molecule has 0 amide bonds. The van der Waals surface area contributed by atoms with Gasteiger partial charge in [-0.05, 0) is 24.8 Å². The number of hydrogen-bond donors (Lipinski definition) is 0. The minimum Gasteiger partial charge on any atom is -0.379 e. The molecule has 0 aromatic heterocycles. The lowest BCUT2D eigenvalue weighted by atomic mass is 10.1. The zero-order valence-corrected chi connectivity index (χ0v) is 20.4. The second-order valence-corrected chi connectivity index (χ2v) is 10.1. The van der Waals surface area contributed by atoms with Crippen LogP contribution in [0, 0.1) is 0 Å². The highest BCUT2D eigenvalue weighted by Crippen LogP contribution is 2.12. The maximum absolute atomic E-state index is 11.3. The maximum Gasteiger partial charge on any atom is 0.0810 e. The average Bonchev–Trinajstić information content (AvgIpc) is 2.78. The SMILES string of the molecule is CCC(COCCCCCCCCCCCCCS(=O)CC)OCc1ccccc1. The van der Waals surface area contributed by atoms with Crippen LogP contribution in [0.15, 0.2) is 30.3 Å². The summed E-state index contributed by atoms with van der Waals surface area (Å²) in [6.45, 7) is 6.40. The summed E-state index contributed by atoms with van der Waals surface area (Å²) in [6, 6.07) is 10.3. The van der Waals surface area contributed by atoms with Crippen LogP contribution in [0.25, 0.3) is 0 Å². The summed E-state index contributed by atoms with van der Waals surface area (Å²) < 4.78 is 23.2. The van der Waals surface area contributed by atoms with E-state index >= 15 is 0 Å². The van der Waals surface area contributed by atoms with Crippen molar-refractivity contribution in [1.82, 2.24) is 0 Å². The van der Waals surface area contributed by atoms with Gasteiger partial charge in [0.1, 0.15) is 0 Å². The highest BCUT2D eigenvalue weighted by atomic mass is 32.2. The Labute approximate surface area is 188 Å². The molecule has 0 aliphatic carbocycles. The Bertz CT molecular complexity index is 506. The molecule has 0 saturated heterocycles. The van der Waals surface area contributed by atoms with E-state index in [1.807, 2.05) is 13.0 Å².